The Morgan fingerprint density at radius 1 is 1.52 bits per heavy atom. The average Bonchev–Trinajstić information content (AvgIpc) is 2.47. The van der Waals surface area contributed by atoms with Crippen molar-refractivity contribution in [3.8, 4) is 0 Å². The Bertz CT molecular complexity index is 561. The number of anilines is 2. The van der Waals surface area contributed by atoms with E-state index in [1.807, 2.05) is 20.8 Å². The maximum absolute atomic E-state index is 12.2. The molecule has 0 aliphatic carbocycles. The number of likely N-dealkylation sites (tertiary alicyclic amines) is 1. The summed E-state index contributed by atoms with van der Waals surface area (Å²) in [5.74, 6) is 0.837. The molecular weight excluding hydrogens is 318 g/mol. The Balaban J connectivity index is 1.89. The van der Waals surface area contributed by atoms with E-state index in [-0.39, 0.29) is 11.2 Å². The third-order valence-corrected chi connectivity index (χ3v) is 3.87. The molecule has 0 spiro atoms. The van der Waals surface area contributed by atoms with Gasteiger partial charge in [0.1, 0.15) is 17.6 Å². The molecule has 7 nitrogen and oxygen atoms in total. The van der Waals surface area contributed by atoms with Gasteiger partial charge in [0.15, 0.2) is 11.0 Å². The maximum Gasteiger partial charge on any atom is 0.410 e. The lowest BCUT2D eigenvalue weighted by molar-refractivity contribution is 0.0172. The molecule has 1 saturated heterocycles. The summed E-state index contributed by atoms with van der Waals surface area (Å²) in [5.41, 5.74) is 5.70. The van der Waals surface area contributed by atoms with Crippen molar-refractivity contribution in [2.75, 3.05) is 30.7 Å². The summed E-state index contributed by atoms with van der Waals surface area (Å²) in [6.45, 7) is 7.66. The predicted octanol–water partition coefficient (Wildman–Crippen LogP) is 2.77. The molecule has 0 saturated carbocycles. The minimum absolute atomic E-state index is 0.238. The van der Waals surface area contributed by atoms with Crippen LogP contribution in [0.5, 0.6) is 0 Å². The van der Waals surface area contributed by atoms with Crippen molar-refractivity contribution in [2.45, 2.75) is 39.2 Å². The lowest BCUT2D eigenvalue weighted by atomic mass is 9.98. The highest BCUT2D eigenvalue weighted by atomic mass is 35.5. The Labute approximate surface area is 141 Å². The molecule has 0 radical (unpaired) electrons. The highest BCUT2D eigenvalue weighted by Crippen LogP contribution is 2.24. The minimum Gasteiger partial charge on any atom is -0.444 e. The average molecular weight is 342 g/mol. The summed E-state index contributed by atoms with van der Waals surface area (Å²) in [5, 5.41) is 3.43. The number of nitrogen functional groups attached to an aromatic ring is 1. The van der Waals surface area contributed by atoms with Gasteiger partial charge in [-0.2, -0.15) is 0 Å². The van der Waals surface area contributed by atoms with E-state index in [1.165, 1.54) is 6.33 Å². The summed E-state index contributed by atoms with van der Waals surface area (Å²) in [6.07, 6.45) is 3.10. The summed E-state index contributed by atoms with van der Waals surface area (Å²) in [6, 6.07) is 0. The van der Waals surface area contributed by atoms with E-state index in [4.69, 9.17) is 22.1 Å². The van der Waals surface area contributed by atoms with Gasteiger partial charge in [0.05, 0.1) is 0 Å². The monoisotopic (exact) mass is 341 g/mol. The van der Waals surface area contributed by atoms with E-state index in [1.54, 1.807) is 4.90 Å². The molecule has 1 aliphatic heterocycles. The number of hydrogen-bond donors (Lipinski definition) is 2. The van der Waals surface area contributed by atoms with Gasteiger partial charge in [-0.15, -0.1) is 0 Å². The van der Waals surface area contributed by atoms with Crippen LogP contribution in [-0.4, -0.2) is 46.2 Å². The Hall–Kier alpha value is -1.76. The fourth-order valence-electron chi connectivity index (χ4n) is 2.48. The number of nitrogens with two attached hydrogens (primary N) is 1. The molecule has 23 heavy (non-hydrogen) atoms. The summed E-state index contributed by atoms with van der Waals surface area (Å²) in [4.78, 5) is 21.8. The molecule has 2 heterocycles. The molecule has 8 heteroatoms. The lowest BCUT2D eigenvalue weighted by Crippen LogP contribution is -2.44. The van der Waals surface area contributed by atoms with Crippen molar-refractivity contribution in [2.24, 2.45) is 5.92 Å². The van der Waals surface area contributed by atoms with Crippen LogP contribution >= 0.6 is 11.6 Å². The third kappa shape index (κ3) is 5.13. The van der Waals surface area contributed by atoms with Crippen molar-refractivity contribution in [3.05, 3.63) is 11.5 Å². The van der Waals surface area contributed by atoms with E-state index in [0.717, 1.165) is 19.4 Å². The van der Waals surface area contributed by atoms with Crippen molar-refractivity contribution >= 4 is 29.2 Å². The number of halogens is 1. The van der Waals surface area contributed by atoms with Crippen LogP contribution in [0.15, 0.2) is 6.33 Å². The molecule has 3 N–H and O–H groups in total. The van der Waals surface area contributed by atoms with Crippen LogP contribution in [0.2, 0.25) is 5.15 Å². The molecule has 1 atom stereocenters. The van der Waals surface area contributed by atoms with Crippen LogP contribution < -0.4 is 11.1 Å². The topological polar surface area (TPSA) is 93.4 Å². The van der Waals surface area contributed by atoms with Gasteiger partial charge in [-0.05, 0) is 39.5 Å². The molecule has 0 bridgehead atoms. The van der Waals surface area contributed by atoms with Gasteiger partial charge in [0.2, 0.25) is 0 Å². The quantitative estimate of drug-likeness (QED) is 0.821. The molecule has 0 aromatic carbocycles. The van der Waals surface area contributed by atoms with Crippen LogP contribution in [0.3, 0.4) is 0 Å². The van der Waals surface area contributed by atoms with Crippen molar-refractivity contribution < 1.29 is 9.53 Å². The van der Waals surface area contributed by atoms with Crippen molar-refractivity contribution in [3.63, 3.8) is 0 Å². The van der Waals surface area contributed by atoms with Crippen molar-refractivity contribution in [1.29, 1.82) is 0 Å². The van der Waals surface area contributed by atoms with Gasteiger partial charge in [0, 0.05) is 19.6 Å². The molecule has 1 amide bonds. The number of rotatable bonds is 3. The van der Waals surface area contributed by atoms with E-state index in [9.17, 15) is 4.79 Å². The van der Waals surface area contributed by atoms with Crippen LogP contribution in [0.1, 0.15) is 33.6 Å². The summed E-state index contributed by atoms with van der Waals surface area (Å²) < 4.78 is 5.43. The van der Waals surface area contributed by atoms with Gasteiger partial charge in [0.25, 0.3) is 0 Å². The Kier molecular flexibility index (Phi) is 5.51. The second-order valence-corrected chi connectivity index (χ2v) is 7.10. The molecule has 0 unspecified atom stereocenters. The van der Waals surface area contributed by atoms with Crippen LogP contribution in [0, 0.1) is 5.92 Å². The summed E-state index contributed by atoms with van der Waals surface area (Å²) >= 11 is 5.88. The normalized spacial score (nSPS) is 18.6. The number of piperidine rings is 1. The van der Waals surface area contributed by atoms with Gasteiger partial charge < -0.3 is 20.7 Å². The second-order valence-electron chi connectivity index (χ2n) is 6.74. The smallest absolute Gasteiger partial charge is 0.410 e. The van der Waals surface area contributed by atoms with Crippen LogP contribution in [-0.2, 0) is 4.74 Å². The number of amides is 1. The highest BCUT2D eigenvalue weighted by molar-refractivity contribution is 6.32. The SMILES string of the molecule is CC(C)(C)OC(=O)N1CCC[C@@H](CNc2ncnc(Cl)c2N)C1. The number of carbonyl (C=O) groups is 1. The first-order valence-electron chi connectivity index (χ1n) is 7.74. The first-order chi connectivity index (χ1) is 10.8. The van der Waals surface area contributed by atoms with Gasteiger partial charge in [-0.3, -0.25) is 0 Å². The van der Waals surface area contributed by atoms with Gasteiger partial charge in [-0.25, -0.2) is 14.8 Å². The molecule has 128 valence electrons. The number of nitrogens with one attached hydrogen (secondary N) is 1. The van der Waals surface area contributed by atoms with Crippen LogP contribution in [0.4, 0.5) is 16.3 Å². The molecule has 1 aromatic heterocycles. The van der Waals surface area contributed by atoms with E-state index in [2.05, 4.69) is 15.3 Å². The van der Waals surface area contributed by atoms with E-state index >= 15 is 0 Å². The van der Waals surface area contributed by atoms with E-state index in [0.29, 0.717) is 30.5 Å². The molecule has 1 aromatic rings. The lowest BCUT2D eigenvalue weighted by Gasteiger charge is -2.34. The number of ether oxygens (including phenoxy) is 1. The standard InChI is InChI=1S/C15H24ClN5O2/c1-15(2,3)23-14(22)21-6-4-5-10(8-21)7-18-13-11(17)12(16)19-9-20-13/h9-10H,4-8,17H2,1-3H3,(H,18,19,20)/t10-/m0/s1. The predicted molar refractivity (Wildman–Crippen MR) is 90.5 cm³/mol. The summed E-state index contributed by atoms with van der Waals surface area (Å²) in [7, 11) is 0. The number of nitrogens with zero attached hydrogens (tertiary/aromatic N) is 3. The van der Waals surface area contributed by atoms with Gasteiger partial charge in [-0.1, -0.05) is 11.6 Å². The fraction of sp³-hybridized carbons (Fsp3) is 0.667. The van der Waals surface area contributed by atoms with E-state index < -0.39 is 5.60 Å². The zero-order valence-electron chi connectivity index (χ0n) is 13.8. The fourth-order valence-corrected chi connectivity index (χ4v) is 2.61. The zero-order valence-corrected chi connectivity index (χ0v) is 14.6. The largest absolute Gasteiger partial charge is 0.444 e. The minimum atomic E-state index is -0.478. The van der Waals surface area contributed by atoms with Crippen LogP contribution in [0.25, 0.3) is 0 Å². The Morgan fingerprint density at radius 2 is 2.26 bits per heavy atom. The second kappa shape index (κ2) is 7.21. The Morgan fingerprint density at radius 3 is 2.96 bits per heavy atom. The molecule has 1 aliphatic rings. The highest BCUT2D eigenvalue weighted by Gasteiger charge is 2.27. The number of aromatic nitrogens is 2. The number of carbonyl (C=O) groups excluding carboxylic acids is 1. The van der Waals surface area contributed by atoms with Gasteiger partial charge >= 0.3 is 6.09 Å². The third-order valence-electron chi connectivity index (χ3n) is 3.56. The maximum atomic E-state index is 12.2. The molecular formula is C15H24ClN5O2. The zero-order chi connectivity index (χ0) is 17.0. The molecule has 2 rings (SSSR count). The first kappa shape index (κ1) is 17.6. The number of hydrogen-bond acceptors (Lipinski definition) is 6. The van der Waals surface area contributed by atoms with Crippen molar-refractivity contribution in [1.82, 2.24) is 14.9 Å². The first-order valence-corrected chi connectivity index (χ1v) is 8.12. The molecule has 1 fully saturated rings.